The number of unbranched alkanes of at least 4 members (excludes halogenated alkanes) is 9. The van der Waals surface area contributed by atoms with E-state index in [4.69, 9.17) is 0 Å². The molecule has 0 saturated carbocycles. The van der Waals surface area contributed by atoms with Gasteiger partial charge in [-0.25, -0.2) is 0 Å². The molecule has 0 aromatic heterocycles. The van der Waals surface area contributed by atoms with Gasteiger partial charge in [0.25, 0.3) is 0 Å². The Balaban J connectivity index is 3.80. The molecule has 0 heterocycles. The molecule has 1 heteroatoms. The molecule has 0 aromatic rings. The van der Waals surface area contributed by atoms with Crippen molar-refractivity contribution in [3.05, 3.63) is 24.6 Å². The van der Waals surface area contributed by atoms with Crippen LogP contribution in [0, 0.1) is 0 Å². The molecule has 21 heavy (non-hydrogen) atoms. The minimum Gasteiger partial charge on any atom is -0.355 e. The molecule has 0 aromatic carbocycles. The maximum absolute atomic E-state index is 2.38. The molecule has 0 bridgehead atoms. The van der Waals surface area contributed by atoms with Gasteiger partial charge in [0.1, 0.15) is 0 Å². The van der Waals surface area contributed by atoms with Gasteiger partial charge >= 0.3 is 0 Å². The Kier molecular flexibility index (Phi) is 16.7. The summed E-state index contributed by atoms with van der Waals surface area (Å²) in [6.07, 6.45) is 25.2. The van der Waals surface area contributed by atoms with Gasteiger partial charge in [-0.2, -0.15) is 0 Å². The topological polar surface area (TPSA) is 3.24 Å². The number of allylic oxidation sites excluding steroid dienone is 2. The normalized spacial score (nSPS) is 11.8. The summed E-state index contributed by atoms with van der Waals surface area (Å²) in [5.74, 6) is 0. The molecule has 0 fully saturated rings. The average Bonchev–Trinajstić information content (AvgIpc) is 2.50. The van der Waals surface area contributed by atoms with Crippen LogP contribution in [0.4, 0.5) is 0 Å². The highest BCUT2D eigenvalue weighted by Crippen LogP contribution is 2.08. The number of rotatable bonds is 15. The summed E-state index contributed by atoms with van der Waals surface area (Å²) in [7, 11) is 0. The zero-order valence-corrected chi connectivity index (χ0v) is 14.9. The van der Waals surface area contributed by atoms with Crippen molar-refractivity contribution >= 4 is 0 Å². The van der Waals surface area contributed by atoms with Gasteiger partial charge in [0, 0.05) is 6.54 Å². The predicted octanol–water partition coefficient (Wildman–Crippen LogP) is 7.06. The number of nitrogens with zero attached hydrogens (tertiary/aromatic N) is 1. The fraction of sp³-hybridized carbons (Fsp3) is 0.800. The second-order valence-electron chi connectivity index (χ2n) is 6.03. The molecule has 124 valence electrons. The van der Waals surface area contributed by atoms with E-state index >= 15 is 0 Å². The maximum atomic E-state index is 2.38. The van der Waals surface area contributed by atoms with E-state index in [9.17, 15) is 0 Å². The fourth-order valence-corrected chi connectivity index (χ4v) is 2.41. The van der Waals surface area contributed by atoms with Gasteiger partial charge in [-0.3, -0.25) is 0 Å². The summed E-state index contributed by atoms with van der Waals surface area (Å²) in [5, 5.41) is 0. The molecule has 0 radical (unpaired) electrons. The quantitative estimate of drug-likeness (QED) is 0.292. The third-order valence-corrected chi connectivity index (χ3v) is 3.82. The van der Waals surface area contributed by atoms with E-state index < -0.39 is 0 Å². The third-order valence-electron chi connectivity index (χ3n) is 3.82. The van der Waals surface area contributed by atoms with E-state index in [1.165, 1.54) is 77.2 Å². The van der Waals surface area contributed by atoms with Crippen LogP contribution in [0.25, 0.3) is 0 Å². The Hall–Kier alpha value is -0.720. The van der Waals surface area contributed by atoms with Crippen molar-refractivity contribution in [3.63, 3.8) is 0 Å². The van der Waals surface area contributed by atoms with Gasteiger partial charge in [0.2, 0.25) is 0 Å². The molecule has 0 N–H and O–H groups in total. The first-order valence-corrected chi connectivity index (χ1v) is 9.44. The lowest BCUT2D eigenvalue weighted by Gasteiger charge is -2.15. The van der Waals surface area contributed by atoms with Crippen molar-refractivity contribution in [2.24, 2.45) is 0 Å². The molecular formula is C20H39N. The van der Waals surface area contributed by atoms with Crippen LogP contribution in [0.3, 0.4) is 0 Å². The SMILES string of the molecule is CCC=CN(C=CCCCCCC)CCCCCCCC. The van der Waals surface area contributed by atoms with Crippen LogP contribution in [0.5, 0.6) is 0 Å². The van der Waals surface area contributed by atoms with E-state index in [1.807, 2.05) is 0 Å². The molecule has 0 spiro atoms. The van der Waals surface area contributed by atoms with Gasteiger partial charge < -0.3 is 4.90 Å². The first-order valence-electron chi connectivity index (χ1n) is 9.44. The lowest BCUT2D eigenvalue weighted by atomic mass is 10.1. The largest absolute Gasteiger partial charge is 0.355 e. The van der Waals surface area contributed by atoms with Gasteiger partial charge in [-0.15, -0.1) is 0 Å². The van der Waals surface area contributed by atoms with E-state index in [2.05, 4.69) is 50.2 Å². The average molecular weight is 294 g/mol. The highest BCUT2D eigenvalue weighted by Gasteiger charge is 1.95. The van der Waals surface area contributed by atoms with Crippen LogP contribution < -0.4 is 0 Å². The van der Waals surface area contributed by atoms with Crippen LogP contribution in [0.1, 0.15) is 97.8 Å². The van der Waals surface area contributed by atoms with Crippen molar-refractivity contribution in [3.8, 4) is 0 Å². The van der Waals surface area contributed by atoms with E-state index in [0.717, 1.165) is 6.42 Å². The molecule has 0 aliphatic rings. The molecular weight excluding hydrogens is 254 g/mol. The maximum Gasteiger partial charge on any atom is 0.0219 e. The zero-order valence-electron chi connectivity index (χ0n) is 14.9. The summed E-state index contributed by atoms with van der Waals surface area (Å²) in [6.45, 7) is 7.93. The van der Waals surface area contributed by atoms with Crippen LogP contribution in [-0.4, -0.2) is 11.4 Å². The standard InChI is InChI=1S/C20H39N/c1-4-7-10-12-14-16-19-21(18-9-6-3)20-17-15-13-11-8-5-2/h9,16,18-19H,4-8,10-15,17,20H2,1-3H3. The number of hydrogen-bond acceptors (Lipinski definition) is 1. The highest BCUT2D eigenvalue weighted by molar-refractivity contribution is 4.91. The molecule has 0 rings (SSSR count). The third kappa shape index (κ3) is 15.5. The molecule has 0 aliphatic carbocycles. The van der Waals surface area contributed by atoms with Crippen molar-refractivity contribution in [1.82, 2.24) is 4.90 Å². The number of hydrogen-bond donors (Lipinski definition) is 0. The summed E-state index contributed by atoms with van der Waals surface area (Å²) in [6, 6.07) is 0. The monoisotopic (exact) mass is 293 g/mol. The first-order chi connectivity index (χ1) is 10.3. The van der Waals surface area contributed by atoms with Crippen molar-refractivity contribution in [2.45, 2.75) is 97.8 Å². The van der Waals surface area contributed by atoms with Gasteiger partial charge in [0.15, 0.2) is 0 Å². The van der Waals surface area contributed by atoms with Gasteiger partial charge in [-0.05, 0) is 38.1 Å². The Bertz CT molecular complexity index is 242. The Morgan fingerprint density at radius 3 is 1.86 bits per heavy atom. The summed E-state index contributed by atoms with van der Waals surface area (Å²) < 4.78 is 0. The molecule has 1 nitrogen and oxygen atoms in total. The zero-order chi connectivity index (χ0) is 15.6. The van der Waals surface area contributed by atoms with Crippen molar-refractivity contribution < 1.29 is 0 Å². The van der Waals surface area contributed by atoms with E-state index in [1.54, 1.807) is 0 Å². The van der Waals surface area contributed by atoms with Crippen LogP contribution in [-0.2, 0) is 0 Å². The highest BCUT2D eigenvalue weighted by atomic mass is 15.1. The fourth-order valence-electron chi connectivity index (χ4n) is 2.41. The van der Waals surface area contributed by atoms with Crippen LogP contribution >= 0.6 is 0 Å². The molecule has 0 aliphatic heterocycles. The summed E-state index contributed by atoms with van der Waals surface area (Å²) in [5.41, 5.74) is 0. The Morgan fingerprint density at radius 1 is 0.619 bits per heavy atom. The van der Waals surface area contributed by atoms with Gasteiger partial charge in [-0.1, -0.05) is 84.3 Å². The second-order valence-corrected chi connectivity index (χ2v) is 6.03. The molecule has 0 atom stereocenters. The molecule has 0 saturated heterocycles. The van der Waals surface area contributed by atoms with E-state index in [-0.39, 0.29) is 0 Å². The smallest absolute Gasteiger partial charge is 0.0219 e. The van der Waals surface area contributed by atoms with E-state index in [0.29, 0.717) is 0 Å². The Labute approximate surface area is 134 Å². The minimum atomic E-state index is 1.12. The minimum absolute atomic E-state index is 1.12. The van der Waals surface area contributed by atoms with Crippen LogP contribution in [0.15, 0.2) is 24.6 Å². The second kappa shape index (κ2) is 17.3. The molecule has 0 amide bonds. The lowest BCUT2D eigenvalue weighted by Crippen LogP contribution is -2.11. The lowest BCUT2D eigenvalue weighted by molar-refractivity contribution is 0.463. The van der Waals surface area contributed by atoms with Crippen molar-refractivity contribution in [2.75, 3.05) is 6.54 Å². The molecule has 0 unspecified atom stereocenters. The van der Waals surface area contributed by atoms with Gasteiger partial charge in [0.05, 0.1) is 0 Å². The first kappa shape index (κ1) is 20.3. The predicted molar refractivity (Wildman–Crippen MR) is 97.4 cm³/mol. The summed E-state index contributed by atoms with van der Waals surface area (Å²) in [4.78, 5) is 2.38. The Morgan fingerprint density at radius 2 is 1.19 bits per heavy atom. The van der Waals surface area contributed by atoms with Crippen LogP contribution in [0.2, 0.25) is 0 Å². The summed E-state index contributed by atoms with van der Waals surface area (Å²) >= 11 is 0. The van der Waals surface area contributed by atoms with Crippen molar-refractivity contribution in [1.29, 1.82) is 0 Å².